The molecule has 0 amide bonds. The first-order chi connectivity index (χ1) is 13.4. The van der Waals surface area contributed by atoms with E-state index in [4.69, 9.17) is 0 Å². The van der Waals surface area contributed by atoms with Crippen LogP contribution in [-0.4, -0.2) is 28.4 Å². The molecule has 0 spiro atoms. The second-order valence-corrected chi connectivity index (χ2v) is 6.70. The Morgan fingerprint density at radius 3 is 2.46 bits per heavy atom. The van der Waals surface area contributed by atoms with Gasteiger partial charge in [-0.05, 0) is 29.8 Å². The first kappa shape index (κ1) is 18.2. The number of fused-ring (bicyclic) bond motifs is 1. The Labute approximate surface area is 162 Å². The van der Waals surface area contributed by atoms with Crippen LogP contribution in [0.1, 0.15) is 0 Å². The summed E-state index contributed by atoms with van der Waals surface area (Å²) in [5, 5.41) is 2.72. The average Bonchev–Trinajstić information content (AvgIpc) is 3.12. The van der Waals surface area contributed by atoms with Crippen LogP contribution in [0.3, 0.4) is 0 Å². The van der Waals surface area contributed by atoms with Crippen LogP contribution in [0, 0.1) is 0 Å². The number of hydrogen-bond donors (Lipinski definition) is 0. The van der Waals surface area contributed by atoms with Crippen LogP contribution in [0.5, 0.6) is 5.75 Å². The van der Waals surface area contributed by atoms with Crippen molar-refractivity contribution in [1.29, 1.82) is 0 Å². The fourth-order valence-corrected chi connectivity index (χ4v) is 3.73. The Morgan fingerprint density at radius 1 is 1.00 bits per heavy atom. The lowest BCUT2D eigenvalue weighted by Gasteiger charge is -2.18. The van der Waals surface area contributed by atoms with Crippen LogP contribution >= 0.6 is 11.3 Å². The Morgan fingerprint density at radius 2 is 1.79 bits per heavy atom. The van der Waals surface area contributed by atoms with Gasteiger partial charge in [0.05, 0.1) is 5.39 Å². The second-order valence-electron chi connectivity index (χ2n) is 5.85. The standard InChI is InChI=1S/C19H13F3N4OS/c1-26(15-4-2-3-9-23-15)17-16-14(10-28-18(16)25-11-24-17)12-5-7-13(8-6-12)27-19(20,21)22/h2-11H,1H3. The molecule has 0 fully saturated rings. The smallest absolute Gasteiger partial charge is 0.406 e. The van der Waals surface area contributed by atoms with E-state index in [1.165, 1.54) is 29.8 Å². The Bertz CT molecular complexity index is 1100. The van der Waals surface area contributed by atoms with Crippen LogP contribution in [0.4, 0.5) is 24.8 Å². The van der Waals surface area contributed by atoms with E-state index in [1.54, 1.807) is 18.3 Å². The summed E-state index contributed by atoms with van der Waals surface area (Å²) in [6.45, 7) is 0. The molecule has 0 unspecified atom stereocenters. The summed E-state index contributed by atoms with van der Waals surface area (Å²) in [5.74, 6) is 1.11. The summed E-state index contributed by atoms with van der Waals surface area (Å²) in [5.41, 5.74) is 1.57. The van der Waals surface area contributed by atoms with Crippen LogP contribution in [0.2, 0.25) is 0 Å². The minimum absolute atomic E-state index is 0.266. The zero-order valence-electron chi connectivity index (χ0n) is 14.5. The van der Waals surface area contributed by atoms with E-state index in [0.29, 0.717) is 11.6 Å². The van der Waals surface area contributed by atoms with Gasteiger partial charge in [-0.25, -0.2) is 15.0 Å². The molecule has 0 aliphatic carbocycles. The van der Waals surface area contributed by atoms with Crippen molar-refractivity contribution in [3.8, 4) is 16.9 Å². The second kappa shape index (κ2) is 7.08. The van der Waals surface area contributed by atoms with E-state index in [0.717, 1.165) is 21.3 Å². The van der Waals surface area contributed by atoms with Gasteiger partial charge in [0.1, 0.15) is 28.5 Å². The van der Waals surface area contributed by atoms with Crippen LogP contribution in [0.15, 0.2) is 60.4 Å². The number of benzene rings is 1. The zero-order chi connectivity index (χ0) is 19.7. The van der Waals surface area contributed by atoms with Gasteiger partial charge in [-0.3, -0.25) is 0 Å². The predicted octanol–water partition coefficient (Wildman–Crippen LogP) is 5.42. The minimum atomic E-state index is -4.72. The van der Waals surface area contributed by atoms with Gasteiger partial charge in [0.2, 0.25) is 0 Å². The molecule has 0 bridgehead atoms. The molecule has 0 aliphatic heterocycles. The number of halogens is 3. The van der Waals surface area contributed by atoms with E-state index in [2.05, 4.69) is 19.7 Å². The van der Waals surface area contributed by atoms with Gasteiger partial charge < -0.3 is 9.64 Å². The Hall–Kier alpha value is -3.20. The molecule has 0 radical (unpaired) electrons. The number of nitrogens with zero attached hydrogens (tertiary/aromatic N) is 4. The largest absolute Gasteiger partial charge is 0.573 e. The monoisotopic (exact) mass is 402 g/mol. The lowest BCUT2D eigenvalue weighted by atomic mass is 10.1. The summed E-state index contributed by atoms with van der Waals surface area (Å²) in [7, 11) is 1.85. The van der Waals surface area contributed by atoms with Gasteiger partial charge in [-0.1, -0.05) is 18.2 Å². The van der Waals surface area contributed by atoms with Gasteiger partial charge in [0.25, 0.3) is 0 Å². The maximum absolute atomic E-state index is 12.4. The molecule has 0 N–H and O–H groups in total. The van der Waals surface area contributed by atoms with Gasteiger partial charge >= 0.3 is 6.36 Å². The van der Waals surface area contributed by atoms with Crippen LogP contribution < -0.4 is 9.64 Å². The fourth-order valence-electron chi connectivity index (χ4n) is 2.82. The molecular weight excluding hydrogens is 389 g/mol. The van der Waals surface area contributed by atoms with Gasteiger partial charge in [0, 0.05) is 24.2 Å². The van der Waals surface area contributed by atoms with E-state index in [1.807, 2.05) is 35.5 Å². The summed E-state index contributed by atoms with van der Waals surface area (Å²) in [6.07, 6.45) is -1.54. The molecule has 0 saturated heterocycles. The summed E-state index contributed by atoms with van der Waals surface area (Å²) < 4.78 is 41.1. The highest BCUT2D eigenvalue weighted by molar-refractivity contribution is 7.17. The molecule has 5 nitrogen and oxygen atoms in total. The lowest BCUT2D eigenvalue weighted by molar-refractivity contribution is -0.274. The maximum atomic E-state index is 12.4. The first-order valence-corrected chi connectivity index (χ1v) is 9.03. The van der Waals surface area contributed by atoms with E-state index < -0.39 is 6.36 Å². The molecular formula is C19H13F3N4OS. The topological polar surface area (TPSA) is 51.1 Å². The third-order valence-corrected chi connectivity index (χ3v) is 4.95. The van der Waals surface area contributed by atoms with Crippen LogP contribution in [-0.2, 0) is 0 Å². The normalized spacial score (nSPS) is 11.6. The highest BCUT2D eigenvalue weighted by atomic mass is 32.1. The molecule has 4 aromatic rings. The summed E-state index contributed by atoms with van der Waals surface area (Å²) in [4.78, 5) is 15.7. The van der Waals surface area contributed by atoms with Gasteiger partial charge in [-0.2, -0.15) is 0 Å². The molecule has 0 aliphatic rings. The van der Waals surface area contributed by atoms with Crippen molar-refractivity contribution in [1.82, 2.24) is 15.0 Å². The number of aromatic nitrogens is 3. The van der Waals surface area contributed by atoms with E-state index >= 15 is 0 Å². The molecule has 0 atom stereocenters. The number of anilines is 2. The van der Waals surface area contributed by atoms with Crippen molar-refractivity contribution >= 4 is 33.2 Å². The van der Waals surface area contributed by atoms with E-state index in [-0.39, 0.29) is 5.75 Å². The third-order valence-electron chi connectivity index (χ3n) is 4.06. The molecule has 0 saturated carbocycles. The SMILES string of the molecule is CN(c1ccccn1)c1ncnc2scc(-c3ccc(OC(F)(F)F)cc3)c12. The van der Waals surface area contributed by atoms with E-state index in [9.17, 15) is 13.2 Å². The van der Waals surface area contributed by atoms with Gasteiger partial charge in [0.15, 0.2) is 0 Å². The molecule has 1 aromatic carbocycles. The molecule has 3 aromatic heterocycles. The van der Waals surface area contributed by atoms with Crippen LogP contribution in [0.25, 0.3) is 21.3 Å². The molecule has 9 heteroatoms. The first-order valence-electron chi connectivity index (χ1n) is 8.15. The fraction of sp³-hybridized carbons (Fsp3) is 0.105. The number of rotatable bonds is 4. The van der Waals surface area contributed by atoms with Crippen molar-refractivity contribution in [2.45, 2.75) is 6.36 Å². The van der Waals surface area contributed by atoms with Crippen molar-refractivity contribution < 1.29 is 17.9 Å². The Kier molecular flexibility index (Phi) is 4.60. The quantitative estimate of drug-likeness (QED) is 0.456. The number of alkyl halides is 3. The average molecular weight is 402 g/mol. The molecule has 3 heterocycles. The van der Waals surface area contributed by atoms with Gasteiger partial charge in [-0.15, -0.1) is 24.5 Å². The summed E-state index contributed by atoms with van der Waals surface area (Å²) in [6, 6.07) is 11.3. The number of pyridine rings is 1. The van der Waals surface area contributed by atoms with Crippen molar-refractivity contribution in [3.05, 3.63) is 60.4 Å². The van der Waals surface area contributed by atoms with Crippen molar-refractivity contribution in [2.75, 3.05) is 11.9 Å². The zero-order valence-corrected chi connectivity index (χ0v) is 15.3. The number of ether oxygens (including phenoxy) is 1. The minimum Gasteiger partial charge on any atom is -0.406 e. The molecule has 142 valence electrons. The lowest BCUT2D eigenvalue weighted by Crippen LogP contribution is -2.16. The maximum Gasteiger partial charge on any atom is 0.573 e. The highest BCUT2D eigenvalue weighted by Crippen LogP contribution is 2.39. The molecule has 4 rings (SSSR count). The van der Waals surface area contributed by atoms with Crippen molar-refractivity contribution in [3.63, 3.8) is 0 Å². The molecule has 28 heavy (non-hydrogen) atoms. The summed E-state index contributed by atoms with van der Waals surface area (Å²) >= 11 is 1.44. The Balaban J connectivity index is 1.77. The third kappa shape index (κ3) is 3.61. The predicted molar refractivity (Wildman–Crippen MR) is 102 cm³/mol. The number of hydrogen-bond acceptors (Lipinski definition) is 6. The highest BCUT2D eigenvalue weighted by Gasteiger charge is 2.31. The number of thiophene rings is 1. The van der Waals surface area contributed by atoms with Crippen molar-refractivity contribution in [2.24, 2.45) is 0 Å².